The third-order valence-electron chi connectivity index (χ3n) is 4.11. The van der Waals surface area contributed by atoms with Gasteiger partial charge in [-0.2, -0.15) is 4.98 Å². The maximum absolute atomic E-state index is 11.8. The minimum atomic E-state index is -0.342. The molecule has 122 valence electrons. The van der Waals surface area contributed by atoms with E-state index in [1.54, 1.807) is 0 Å². The highest BCUT2D eigenvalue weighted by molar-refractivity contribution is 5.80. The first kappa shape index (κ1) is 15.7. The second kappa shape index (κ2) is 6.50. The number of carbonyl (C=O) groups is 1. The van der Waals surface area contributed by atoms with Gasteiger partial charge in [0.05, 0.1) is 12.6 Å². The predicted octanol–water partition coefficient (Wildman–Crippen LogP) is 1.68. The zero-order valence-electron chi connectivity index (χ0n) is 13.5. The molecule has 6 heteroatoms. The molecule has 2 aromatic rings. The fourth-order valence-corrected chi connectivity index (χ4v) is 3.00. The van der Waals surface area contributed by atoms with Crippen LogP contribution >= 0.6 is 0 Å². The number of nitrogens with zero attached hydrogens (tertiary/aromatic N) is 3. The Hall–Kier alpha value is -2.21. The van der Waals surface area contributed by atoms with Gasteiger partial charge < -0.3 is 10.3 Å². The molecule has 0 spiro atoms. The van der Waals surface area contributed by atoms with E-state index in [-0.39, 0.29) is 11.9 Å². The van der Waals surface area contributed by atoms with Gasteiger partial charge in [-0.15, -0.1) is 0 Å². The molecule has 3 rings (SSSR count). The van der Waals surface area contributed by atoms with E-state index in [0.29, 0.717) is 37.1 Å². The van der Waals surface area contributed by atoms with Crippen LogP contribution in [0.2, 0.25) is 0 Å². The van der Waals surface area contributed by atoms with Crippen molar-refractivity contribution in [2.75, 3.05) is 0 Å². The molecule has 1 aliphatic heterocycles. The Morgan fingerprint density at radius 2 is 2.13 bits per heavy atom. The maximum atomic E-state index is 11.8. The van der Waals surface area contributed by atoms with Crippen LogP contribution in [0.1, 0.15) is 36.7 Å². The summed E-state index contributed by atoms with van der Waals surface area (Å²) in [4.78, 5) is 18.3. The number of nitrogens with two attached hydrogens (primary N) is 1. The Morgan fingerprint density at radius 3 is 2.83 bits per heavy atom. The van der Waals surface area contributed by atoms with Gasteiger partial charge in [0, 0.05) is 13.0 Å². The van der Waals surface area contributed by atoms with Crippen molar-refractivity contribution in [1.29, 1.82) is 0 Å². The molecular formula is C17H22N4O2. The van der Waals surface area contributed by atoms with Crippen LogP contribution in [-0.2, 0) is 30.7 Å². The first-order chi connectivity index (χ1) is 11.0. The highest BCUT2D eigenvalue weighted by Gasteiger charge is 2.31. The van der Waals surface area contributed by atoms with Crippen molar-refractivity contribution >= 4 is 5.91 Å². The van der Waals surface area contributed by atoms with Crippen LogP contribution in [0.3, 0.4) is 0 Å². The highest BCUT2D eigenvalue weighted by Crippen LogP contribution is 2.24. The van der Waals surface area contributed by atoms with E-state index in [9.17, 15) is 4.79 Å². The molecule has 1 aliphatic rings. The minimum Gasteiger partial charge on any atom is -0.368 e. The second-order valence-corrected chi connectivity index (χ2v) is 6.50. The van der Waals surface area contributed by atoms with Gasteiger partial charge in [0.1, 0.15) is 0 Å². The quantitative estimate of drug-likeness (QED) is 0.907. The molecule has 1 aromatic carbocycles. The predicted molar refractivity (Wildman–Crippen MR) is 85.2 cm³/mol. The molecule has 0 saturated heterocycles. The Kier molecular flexibility index (Phi) is 4.43. The second-order valence-electron chi connectivity index (χ2n) is 6.50. The molecule has 1 aromatic heterocycles. The Balaban J connectivity index is 1.77. The Labute approximate surface area is 135 Å². The van der Waals surface area contributed by atoms with Crippen LogP contribution < -0.4 is 5.73 Å². The summed E-state index contributed by atoms with van der Waals surface area (Å²) < 4.78 is 5.33. The van der Waals surface area contributed by atoms with E-state index in [2.05, 4.69) is 36.1 Å². The van der Waals surface area contributed by atoms with Crippen molar-refractivity contribution in [3.63, 3.8) is 0 Å². The number of amides is 1. The van der Waals surface area contributed by atoms with Crippen molar-refractivity contribution in [2.24, 2.45) is 11.7 Å². The molecular weight excluding hydrogens is 292 g/mol. The van der Waals surface area contributed by atoms with Crippen molar-refractivity contribution in [2.45, 2.75) is 45.8 Å². The van der Waals surface area contributed by atoms with Gasteiger partial charge in [-0.1, -0.05) is 43.3 Å². The van der Waals surface area contributed by atoms with Crippen LogP contribution in [0, 0.1) is 5.92 Å². The molecule has 1 amide bonds. The molecule has 0 bridgehead atoms. The number of aromatic nitrogens is 2. The van der Waals surface area contributed by atoms with E-state index >= 15 is 0 Å². The third kappa shape index (κ3) is 3.59. The average molecular weight is 314 g/mol. The smallest absolute Gasteiger partial charge is 0.240 e. The number of benzene rings is 1. The SMILES string of the molecule is CC(C)Cc1noc(CN2Cc3ccccc3CC2C(N)=O)n1. The van der Waals surface area contributed by atoms with Gasteiger partial charge >= 0.3 is 0 Å². The van der Waals surface area contributed by atoms with Crippen molar-refractivity contribution in [3.8, 4) is 0 Å². The summed E-state index contributed by atoms with van der Waals surface area (Å²) in [5.74, 6) is 1.40. The number of carbonyl (C=O) groups excluding carboxylic acids is 1. The molecule has 1 atom stereocenters. The van der Waals surface area contributed by atoms with Crippen molar-refractivity contribution in [1.82, 2.24) is 15.0 Å². The van der Waals surface area contributed by atoms with Crippen LogP contribution in [0.15, 0.2) is 28.8 Å². The van der Waals surface area contributed by atoms with E-state index in [0.717, 1.165) is 6.42 Å². The van der Waals surface area contributed by atoms with Gasteiger partial charge in [0.15, 0.2) is 5.82 Å². The molecule has 0 saturated carbocycles. The number of primary amides is 1. The van der Waals surface area contributed by atoms with E-state index in [1.807, 2.05) is 17.0 Å². The van der Waals surface area contributed by atoms with Crippen LogP contribution in [-0.4, -0.2) is 27.0 Å². The molecule has 2 heterocycles. The van der Waals surface area contributed by atoms with Crippen LogP contribution in [0.25, 0.3) is 0 Å². The summed E-state index contributed by atoms with van der Waals surface area (Å²) >= 11 is 0. The van der Waals surface area contributed by atoms with Crippen molar-refractivity contribution < 1.29 is 9.32 Å². The summed E-state index contributed by atoms with van der Waals surface area (Å²) in [7, 11) is 0. The summed E-state index contributed by atoms with van der Waals surface area (Å²) in [6.45, 7) is 5.32. The van der Waals surface area contributed by atoms with Crippen LogP contribution in [0.4, 0.5) is 0 Å². The number of hydrogen-bond acceptors (Lipinski definition) is 5. The fourth-order valence-electron chi connectivity index (χ4n) is 3.00. The van der Waals surface area contributed by atoms with E-state index in [4.69, 9.17) is 10.3 Å². The van der Waals surface area contributed by atoms with E-state index < -0.39 is 0 Å². The first-order valence-corrected chi connectivity index (χ1v) is 7.94. The average Bonchev–Trinajstić information content (AvgIpc) is 2.92. The Bertz CT molecular complexity index is 695. The van der Waals surface area contributed by atoms with Gasteiger partial charge in [-0.3, -0.25) is 9.69 Å². The first-order valence-electron chi connectivity index (χ1n) is 7.94. The van der Waals surface area contributed by atoms with Gasteiger partial charge in [-0.05, 0) is 23.5 Å². The van der Waals surface area contributed by atoms with Gasteiger partial charge in [0.25, 0.3) is 0 Å². The highest BCUT2D eigenvalue weighted by atomic mass is 16.5. The number of rotatable bonds is 5. The third-order valence-corrected chi connectivity index (χ3v) is 4.11. The molecule has 6 nitrogen and oxygen atoms in total. The molecule has 0 radical (unpaired) electrons. The molecule has 2 N–H and O–H groups in total. The topological polar surface area (TPSA) is 85.3 Å². The Morgan fingerprint density at radius 1 is 1.39 bits per heavy atom. The van der Waals surface area contributed by atoms with E-state index in [1.165, 1.54) is 11.1 Å². The lowest BCUT2D eigenvalue weighted by Crippen LogP contribution is -2.48. The maximum Gasteiger partial charge on any atom is 0.240 e. The molecule has 0 fully saturated rings. The fraction of sp³-hybridized carbons (Fsp3) is 0.471. The monoisotopic (exact) mass is 314 g/mol. The lowest BCUT2D eigenvalue weighted by atomic mass is 9.93. The normalized spacial score (nSPS) is 18.1. The number of hydrogen-bond donors (Lipinski definition) is 1. The largest absolute Gasteiger partial charge is 0.368 e. The zero-order chi connectivity index (χ0) is 16.4. The van der Waals surface area contributed by atoms with Crippen LogP contribution in [0.5, 0.6) is 0 Å². The molecule has 23 heavy (non-hydrogen) atoms. The summed E-state index contributed by atoms with van der Waals surface area (Å²) in [5, 5.41) is 4.01. The standard InChI is InChI=1S/C17H22N4O2/c1-11(2)7-15-19-16(23-20-15)10-21-9-13-6-4-3-5-12(13)8-14(21)17(18)22/h3-6,11,14H,7-10H2,1-2H3,(H2,18,22). The lowest BCUT2D eigenvalue weighted by Gasteiger charge is -2.33. The lowest BCUT2D eigenvalue weighted by molar-refractivity contribution is -0.124. The molecule has 1 unspecified atom stereocenters. The minimum absolute atomic E-state index is 0.318. The van der Waals surface area contributed by atoms with Gasteiger partial charge in [-0.25, -0.2) is 0 Å². The zero-order valence-corrected chi connectivity index (χ0v) is 13.5. The summed E-state index contributed by atoms with van der Waals surface area (Å²) in [6, 6.07) is 7.79. The van der Waals surface area contributed by atoms with Gasteiger partial charge in [0.2, 0.25) is 11.8 Å². The summed E-state index contributed by atoms with van der Waals surface area (Å²) in [6.07, 6.45) is 1.41. The van der Waals surface area contributed by atoms with Crippen molar-refractivity contribution in [3.05, 3.63) is 47.1 Å². The summed E-state index contributed by atoms with van der Waals surface area (Å²) in [5.41, 5.74) is 7.99. The molecule has 0 aliphatic carbocycles. The number of fused-ring (bicyclic) bond motifs is 1.